The van der Waals surface area contributed by atoms with Gasteiger partial charge in [-0.25, -0.2) is 0 Å². The van der Waals surface area contributed by atoms with Crippen molar-refractivity contribution in [3.8, 4) is 11.5 Å². The molecule has 0 spiro atoms. The van der Waals surface area contributed by atoms with E-state index in [4.69, 9.17) is 10.2 Å². The molecule has 1 aromatic heterocycles. The first-order valence-electron chi connectivity index (χ1n) is 6.11. The molecule has 2 N–H and O–H groups in total. The summed E-state index contributed by atoms with van der Waals surface area (Å²) in [7, 11) is 1.78. The number of hydrogen-bond donors (Lipinski definition) is 1. The normalized spacial score (nSPS) is 14.0. The molecule has 2 aromatic rings. The van der Waals surface area contributed by atoms with E-state index in [9.17, 15) is 4.79 Å². The molecule has 19 heavy (non-hydrogen) atoms. The van der Waals surface area contributed by atoms with Crippen molar-refractivity contribution in [2.45, 2.75) is 12.8 Å². The number of anilines is 1. The first kappa shape index (κ1) is 11.9. The molecule has 0 aliphatic carbocycles. The van der Waals surface area contributed by atoms with Crippen molar-refractivity contribution in [3.05, 3.63) is 29.7 Å². The first-order chi connectivity index (χ1) is 9.19. The van der Waals surface area contributed by atoms with Crippen LogP contribution in [0.15, 0.2) is 22.6 Å². The summed E-state index contributed by atoms with van der Waals surface area (Å²) < 4.78 is 5.52. The molecule has 0 radical (unpaired) electrons. The van der Waals surface area contributed by atoms with E-state index in [1.165, 1.54) is 0 Å². The first-order valence-corrected chi connectivity index (χ1v) is 6.11. The number of benzene rings is 1. The van der Waals surface area contributed by atoms with Gasteiger partial charge in [0.1, 0.15) is 0 Å². The van der Waals surface area contributed by atoms with Gasteiger partial charge < -0.3 is 15.1 Å². The fourth-order valence-electron chi connectivity index (χ4n) is 2.20. The van der Waals surface area contributed by atoms with Crippen LogP contribution in [0, 0.1) is 0 Å². The van der Waals surface area contributed by atoms with E-state index in [2.05, 4.69) is 10.2 Å². The van der Waals surface area contributed by atoms with Gasteiger partial charge >= 0.3 is 0 Å². The lowest BCUT2D eigenvalue weighted by atomic mass is 10.1. The molecule has 1 aliphatic heterocycles. The van der Waals surface area contributed by atoms with Crippen LogP contribution in [0.2, 0.25) is 0 Å². The molecule has 0 unspecified atom stereocenters. The van der Waals surface area contributed by atoms with Gasteiger partial charge in [0.05, 0.1) is 6.42 Å². The maximum Gasteiger partial charge on any atom is 0.247 e. The molecule has 2 heterocycles. The number of hydrogen-bond acceptors (Lipinski definition) is 5. The minimum atomic E-state index is 0.0986. The van der Waals surface area contributed by atoms with Crippen molar-refractivity contribution in [2.75, 3.05) is 18.5 Å². The number of aromatic nitrogens is 2. The third-order valence-electron chi connectivity index (χ3n) is 3.23. The Bertz CT molecular complexity index is 635. The van der Waals surface area contributed by atoms with Crippen LogP contribution >= 0.6 is 0 Å². The molecule has 6 nitrogen and oxygen atoms in total. The summed E-state index contributed by atoms with van der Waals surface area (Å²) in [5.41, 5.74) is 8.20. The van der Waals surface area contributed by atoms with Crippen LogP contribution in [0.5, 0.6) is 0 Å². The number of amides is 1. The van der Waals surface area contributed by atoms with Gasteiger partial charge in [0, 0.05) is 31.3 Å². The Morgan fingerprint density at radius 3 is 3.05 bits per heavy atom. The highest BCUT2D eigenvalue weighted by atomic mass is 16.4. The zero-order valence-corrected chi connectivity index (χ0v) is 10.6. The molecular formula is C13H14N4O2. The molecule has 3 rings (SSSR count). The average Bonchev–Trinajstić information content (AvgIpc) is 2.96. The Hall–Kier alpha value is -2.21. The molecular weight excluding hydrogens is 244 g/mol. The van der Waals surface area contributed by atoms with Crippen molar-refractivity contribution in [1.82, 2.24) is 10.2 Å². The lowest BCUT2D eigenvalue weighted by Crippen LogP contribution is -2.20. The van der Waals surface area contributed by atoms with Crippen molar-refractivity contribution in [1.29, 1.82) is 0 Å². The molecule has 0 atom stereocenters. The molecule has 1 amide bonds. The summed E-state index contributed by atoms with van der Waals surface area (Å²) in [6.07, 6.45) is 0.989. The summed E-state index contributed by atoms with van der Waals surface area (Å²) in [4.78, 5) is 13.3. The SMILES string of the molecule is CN1C(=O)Cc2cc(-c3nnc(CCN)o3)ccc21. The largest absolute Gasteiger partial charge is 0.421 e. The fraction of sp³-hybridized carbons (Fsp3) is 0.308. The highest BCUT2D eigenvalue weighted by Crippen LogP contribution is 2.31. The highest BCUT2D eigenvalue weighted by molar-refractivity contribution is 6.01. The molecule has 98 valence electrons. The van der Waals surface area contributed by atoms with E-state index in [0.29, 0.717) is 31.2 Å². The predicted molar refractivity (Wildman–Crippen MR) is 69.6 cm³/mol. The smallest absolute Gasteiger partial charge is 0.247 e. The fourth-order valence-corrected chi connectivity index (χ4v) is 2.20. The number of carbonyl (C=O) groups excluding carboxylic acids is 1. The minimum Gasteiger partial charge on any atom is -0.421 e. The van der Waals surface area contributed by atoms with Crippen LogP contribution in [0.1, 0.15) is 11.5 Å². The van der Waals surface area contributed by atoms with E-state index in [0.717, 1.165) is 16.8 Å². The highest BCUT2D eigenvalue weighted by Gasteiger charge is 2.24. The maximum absolute atomic E-state index is 11.6. The zero-order valence-electron chi connectivity index (χ0n) is 10.6. The van der Waals surface area contributed by atoms with Crippen molar-refractivity contribution in [3.63, 3.8) is 0 Å². The van der Waals surface area contributed by atoms with E-state index in [-0.39, 0.29) is 5.91 Å². The third kappa shape index (κ3) is 2.00. The Morgan fingerprint density at radius 1 is 1.42 bits per heavy atom. The van der Waals surface area contributed by atoms with Crippen LogP contribution in [-0.2, 0) is 17.6 Å². The second kappa shape index (κ2) is 4.47. The van der Waals surface area contributed by atoms with Crippen LogP contribution in [0.3, 0.4) is 0 Å². The van der Waals surface area contributed by atoms with E-state index >= 15 is 0 Å². The second-order valence-electron chi connectivity index (χ2n) is 4.51. The maximum atomic E-state index is 11.6. The summed E-state index contributed by atoms with van der Waals surface area (Å²) in [5, 5.41) is 7.93. The van der Waals surface area contributed by atoms with Gasteiger partial charge in [-0.1, -0.05) is 0 Å². The summed E-state index contributed by atoms with van der Waals surface area (Å²) in [6, 6.07) is 5.71. The van der Waals surface area contributed by atoms with Gasteiger partial charge in [0.25, 0.3) is 0 Å². The number of likely N-dealkylation sites (N-methyl/N-ethyl adjacent to an activating group) is 1. The van der Waals surface area contributed by atoms with Crippen molar-refractivity contribution < 1.29 is 9.21 Å². The monoisotopic (exact) mass is 258 g/mol. The Balaban J connectivity index is 1.94. The number of nitrogens with two attached hydrogens (primary N) is 1. The summed E-state index contributed by atoms with van der Waals surface area (Å²) >= 11 is 0. The number of carbonyl (C=O) groups is 1. The van der Waals surface area contributed by atoms with Crippen molar-refractivity contribution >= 4 is 11.6 Å². The quantitative estimate of drug-likeness (QED) is 0.878. The molecule has 0 fully saturated rings. The van der Waals surface area contributed by atoms with Gasteiger partial charge in [-0.15, -0.1) is 10.2 Å². The molecule has 0 bridgehead atoms. The van der Waals surface area contributed by atoms with E-state index in [1.807, 2.05) is 18.2 Å². The van der Waals surface area contributed by atoms with Crippen LogP contribution < -0.4 is 10.6 Å². The standard InChI is InChI=1S/C13H14N4O2/c1-17-10-3-2-8(6-9(10)7-12(17)18)13-16-15-11(19-13)4-5-14/h2-3,6H,4-5,7,14H2,1H3. The number of nitrogens with zero attached hydrogens (tertiary/aromatic N) is 3. The lowest BCUT2D eigenvalue weighted by Gasteiger charge is -2.09. The average molecular weight is 258 g/mol. The predicted octanol–water partition coefficient (Wildman–Crippen LogP) is 0.757. The summed E-state index contributed by atoms with van der Waals surface area (Å²) in [5.74, 6) is 1.10. The Kier molecular flexibility index (Phi) is 2.79. The second-order valence-corrected chi connectivity index (χ2v) is 4.51. The van der Waals surface area contributed by atoms with E-state index in [1.54, 1.807) is 11.9 Å². The van der Waals surface area contributed by atoms with Gasteiger partial charge in [0.15, 0.2) is 0 Å². The molecule has 1 aromatic carbocycles. The minimum absolute atomic E-state index is 0.0986. The van der Waals surface area contributed by atoms with Gasteiger partial charge in [-0.2, -0.15) is 0 Å². The van der Waals surface area contributed by atoms with Crippen LogP contribution in [-0.4, -0.2) is 29.7 Å². The van der Waals surface area contributed by atoms with Gasteiger partial charge in [0.2, 0.25) is 17.7 Å². The Morgan fingerprint density at radius 2 is 2.26 bits per heavy atom. The number of rotatable bonds is 3. The zero-order chi connectivity index (χ0) is 13.4. The van der Waals surface area contributed by atoms with Gasteiger partial charge in [-0.05, 0) is 23.8 Å². The molecule has 0 saturated carbocycles. The third-order valence-corrected chi connectivity index (χ3v) is 3.23. The number of fused-ring (bicyclic) bond motifs is 1. The van der Waals surface area contributed by atoms with Crippen LogP contribution in [0.4, 0.5) is 5.69 Å². The van der Waals surface area contributed by atoms with Crippen molar-refractivity contribution in [2.24, 2.45) is 5.73 Å². The molecule has 0 saturated heterocycles. The van der Waals surface area contributed by atoms with Crippen LogP contribution in [0.25, 0.3) is 11.5 Å². The molecule has 6 heteroatoms. The lowest BCUT2D eigenvalue weighted by molar-refractivity contribution is -0.117. The van der Waals surface area contributed by atoms with E-state index < -0.39 is 0 Å². The molecule has 1 aliphatic rings. The topological polar surface area (TPSA) is 85.2 Å². The van der Waals surface area contributed by atoms with Gasteiger partial charge in [-0.3, -0.25) is 4.79 Å². The Labute approximate surface area is 110 Å². The summed E-state index contributed by atoms with van der Waals surface area (Å²) in [6.45, 7) is 0.477.